The van der Waals surface area contributed by atoms with Gasteiger partial charge in [0.15, 0.2) is 0 Å². The highest BCUT2D eigenvalue weighted by Gasteiger charge is 2.21. The molecule has 1 unspecified atom stereocenters. The molecule has 0 amide bonds. The van der Waals surface area contributed by atoms with E-state index >= 15 is 0 Å². The SMILES string of the molecule is Cc1cc(Cl)ccc1-n1ccc2c1CCCC2O. The van der Waals surface area contributed by atoms with Crippen LogP contribution >= 0.6 is 11.6 Å². The summed E-state index contributed by atoms with van der Waals surface area (Å²) in [6.07, 6.45) is 4.70. The molecule has 2 nitrogen and oxygen atoms in total. The third-order valence-electron chi connectivity index (χ3n) is 3.70. The van der Waals surface area contributed by atoms with E-state index in [1.807, 2.05) is 24.3 Å². The van der Waals surface area contributed by atoms with E-state index < -0.39 is 0 Å². The lowest BCUT2D eigenvalue weighted by Gasteiger charge is -2.21. The summed E-state index contributed by atoms with van der Waals surface area (Å²) in [7, 11) is 0. The average molecular weight is 262 g/mol. The van der Waals surface area contributed by atoms with Crippen LogP contribution in [0.2, 0.25) is 5.02 Å². The van der Waals surface area contributed by atoms with Crippen molar-refractivity contribution in [1.29, 1.82) is 0 Å². The van der Waals surface area contributed by atoms with E-state index in [1.54, 1.807) is 0 Å². The summed E-state index contributed by atoms with van der Waals surface area (Å²) in [5.41, 5.74) is 4.62. The van der Waals surface area contributed by atoms with E-state index in [4.69, 9.17) is 11.6 Å². The fourth-order valence-corrected chi connectivity index (χ4v) is 3.01. The molecule has 18 heavy (non-hydrogen) atoms. The van der Waals surface area contributed by atoms with Gasteiger partial charge in [-0.15, -0.1) is 0 Å². The van der Waals surface area contributed by atoms with Crippen LogP contribution in [0.4, 0.5) is 0 Å². The topological polar surface area (TPSA) is 25.2 Å². The molecular weight excluding hydrogens is 246 g/mol. The van der Waals surface area contributed by atoms with E-state index in [1.165, 1.54) is 5.69 Å². The summed E-state index contributed by atoms with van der Waals surface area (Å²) in [5, 5.41) is 10.8. The smallest absolute Gasteiger partial charge is 0.0807 e. The maximum absolute atomic E-state index is 10.0. The number of aliphatic hydroxyl groups is 1. The maximum atomic E-state index is 10.0. The van der Waals surface area contributed by atoms with E-state index in [0.717, 1.165) is 41.1 Å². The molecule has 1 N–H and O–H groups in total. The van der Waals surface area contributed by atoms with E-state index in [2.05, 4.69) is 17.7 Å². The van der Waals surface area contributed by atoms with Gasteiger partial charge < -0.3 is 9.67 Å². The van der Waals surface area contributed by atoms with Gasteiger partial charge >= 0.3 is 0 Å². The van der Waals surface area contributed by atoms with Gasteiger partial charge in [-0.05, 0) is 56.0 Å². The van der Waals surface area contributed by atoms with Crippen molar-refractivity contribution < 1.29 is 5.11 Å². The fraction of sp³-hybridized carbons (Fsp3) is 0.333. The second-order valence-corrected chi connectivity index (χ2v) is 5.36. The van der Waals surface area contributed by atoms with Gasteiger partial charge in [-0.25, -0.2) is 0 Å². The highest BCUT2D eigenvalue weighted by Crippen LogP contribution is 2.32. The van der Waals surface area contributed by atoms with Crippen molar-refractivity contribution >= 4 is 11.6 Å². The molecule has 0 spiro atoms. The van der Waals surface area contributed by atoms with Crippen LogP contribution in [0.5, 0.6) is 0 Å². The van der Waals surface area contributed by atoms with Gasteiger partial charge in [0.1, 0.15) is 0 Å². The van der Waals surface area contributed by atoms with Crippen molar-refractivity contribution in [1.82, 2.24) is 4.57 Å². The summed E-state index contributed by atoms with van der Waals surface area (Å²) in [6.45, 7) is 2.06. The Bertz CT molecular complexity index is 588. The molecule has 2 aromatic rings. The Morgan fingerprint density at radius 1 is 1.33 bits per heavy atom. The van der Waals surface area contributed by atoms with Crippen molar-refractivity contribution in [3.63, 3.8) is 0 Å². The number of rotatable bonds is 1. The maximum Gasteiger partial charge on any atom is 0.0807 e. The molecule has 1 heterocycles. The number of halogens is 1. The Morgan fingerprint density at radius 3 is 2.94 bits per heavy atom. The van der Waals surface area contributed by atoms with Gasteiger partial charge in [0.2, 0.25) is 0 Å². The van der Waals surface area contributed by atoms with E-state index in [9.17, 15) is 5.11 Å². The summed E-state index contributed by atoms with van der Waals surface area (Å²) in [6, 6.07) is 7.96. The summed E-state index contributed by atoms with van der Waals surface area (Å²) in [5.74, 6) is 0. The molecule has 1 aromatic carbocycles. The highest BCUT2D eigenvalue weighted by molar-refractivity contribution is 6.30. The zero-order chi connectivity index (χ0) is 12.7. The minimum Gasteiger partial charge on any atom is -0.388 e. The molecule has 0 radical (unpaired) electrons. The van der Waals surface area contributed by atoms with Crippen LogP contribution < -0.4 is 0 Å². The van der Waals surface area contributed by atoms with Crippen molar-refractivity contribution in [2.45, 2.75) is 32.3 Å². The monoisotopic (exact) mass is 261 g/mol. The Kier molecular flexibility index (Phi) is 2.92. The van der Waals surface area contributed by atoms with Gasteiger partial charge in [0.25, 0.3) is 0 Å². The van der Waals surface area contributed by atoms with Crippen molar-refractivity contribution in [2.24, 2.45) is 0 Å². The van der Waals surface area contributed by atoms with Crippen LogP contribution in [0.25, 0.3) is 5.69 Å². The standard InChI is InChI=1S/C15H16ClNO/c1-10-9-11(16)5-6-13(10)17-8-7-12-14(17)3-2-4-15(12)18/h5-9,15,18H,2-4H2,1H3. The number of fused-ring (bicyclic) bond motifs is 1. The second-order valence-electron chi connectivity index (χ2n) is 4.93. The zero-order valence-corrected chi connectivity index (χ0v) is 11.1. The average Bonchev–Trinajstić information content (AvgIpc) is 2.74. The van der Waals surface area contributed by atoms with E-state index in [0.29, 0.717) is 0 Å². The molecule has 1 aliphatic rings. The zero-order valence-electron chi connectivity index (χ0n) is 10.4. The molecule has 0 fully saturated rings. The molecule has 1 atom stereocenters. The predicted molar refractivity (Wildman–Crippen MR) is 73.4 cm³/mol. The summed E-state index contributed by atoms with van der Waals surface area (Å²) < 4.78 is 2.18. The van der Waals surface area contributed by atoms with Gasteiger partial charge in [-0.2, -0.15) is 0 Å². The van der Waals surface area contributed by atoms with Crippen molar-refractivity contribution in [2.75, 3.05) is 0 Å². The third-order valence-corrected chi connectivity index (χ3v) is 3.93. The summed E-state index contributed by atoms with van der Waals surface area (Å²) in [4.78, 5) is 0. The number of hydrogen-bond acceptors (Lipinski definition) is 1. The molecule has 94 valence electrons. The number of aryl methyl sites for hydroxylation is 1. The molecular formula is C15H16ClNO. The van der Waals surface area contributed by atoms with Gasteiger partial charge in [0.05, 0.1) is 6.10 Å². The van der Waals surface area contributed by atoms with Crippen LogP contribution in [-0.4, -0.2) is 9.67 Å². The quantitative estimate of drug-likeness (QED) is 0.830. The number of aliphatic hydroxyl groups excluding tert-OH is 1. The normalized spacial score (nSPS) is 18.7. The molecule has 0 bridgehead atoms. The molecule has 0 aliphatic heterocycles. The van der Waals surface area contributed by atoms with Crippen LogP contribution in [0.3, 0.4) is 0 Å². The molecule has 3 rings (SSSR count). The van der Waals surface area contributed by atoms with E-state index in [-0.39, 0.29) is 6.10 Å². The highest BCUT2D eigenvalue weighted by atomic mass is 35.5. The van der Waals surface area contributed by atoms with Crippen LogP contribution in [0.1, 0.15) is 35.8 Å². The predicted octanol–water partition coefficient (Wildman–Crippen LogP) is 3.81. The Balaban J connectivity index is 2.12. The van der Waals surface area contributed by atoms with Crippen LogP contribution in [0, 0.1) is 6.92 Å². The third kappa shape index (κ3) is 1.86. The largest absolute Gasteiger partial charge is 0.388 e. The minimum atomic E-state index is -0.303. The summed E-state index contributed by atoms with van der Waals surface area (Å²) >= 11 is 6.00. The Hall–Kier alpha value is -1.25. The van der Waals surface area contributed by atoms with Crippen LogP contribution in [0.15, 0.2) is 30.5 Å². The van der Waals surface area contributed by atoms with Gasteiger partial charge in [-0.1, -0.05) is 11.6 Å². The number of benzene rings is 1. The van der Waals surface area contributed by atoms with Crippen molar-refractivity contribution in [3.05, 3.63) is 52.3 Å². The molecule has 0 saturated carbocycles. The molecule has 1 aromatic heterocycles. The van der Waals surface area contributed by atoms with Gasteiger partial charge in [0, 0.05) is 28.2 Å². The lowest BCUT2D eigenvalue weighted by molar-refractivity contribution is 0.156. The Morgan fingerprint density at radius 2 is 2.17 bits per heavy atom. The first-order chi connectivity index (χ1) is 8.66. The first-order valence-electron chi connectivity index (χ1n) is 6.31. The second kappa shape index (κ2) is 4.45. The van der Waals surface area contributed by atoms with Crippen molar-refractivity contribution in [3.8, 4) is 5.69 Å². The molecule has 1 aliphatic carbocycles. The lowest BCUT2D eigenvalue weighted by atomic mass is 9.95. The van der Waals surface area contributed by atoms with Crippen LogP contribution in [-0.2, 0) is 6.42 Å². The number of aromatic nitrogens is 1. The fourth-order valence-electron chi connectivity index (χ4n) is 2.78. The lowest BCUT2D eigenvalue weighted by Crippen LogP contribution is -2.11. The first-order valence-corrected chi connectivity index (χ1v) is 6.69. The van der Waals surface area contributed by atoms with Gasteiger partial charge in [-0.3, -0.25) is 0 Å². The number of hydrogen-bond donors (Lipinski definition) is 1. The molecule has 0 saturated heterocycles. The minimum absolute atomic E-state index is 0.303. The Labute approximate surface area is 112 Å². The molecule has 3 heteroatoms. The first kappa shape index (κ1) is 11.8. The number of nitrogens with zero attached hydrogens (tertiary/aromatic N) is 1.